The molecule has 0 saturated carbocycles. The van der Waals surface area contributed by atoms with E-state index in [9.17, 15) is 9.59 Å². The van der Waals surface area contributed by atoms with Crippen LogP contribution in [0.2, 0.25) is 0 Å². The van der Waals surface area contributed by atoms with Gasteiger partial charge >= 0.3 is 0 Å². The number of nitrogens with one attached hydrogen (secondary N) is 1. The number of ether oxygens (including phenoxy) is 2. The van der Waals surface area contributed by atoms with Gasteiger partial charge in [0, 0.05) is 25.3 Å². The van der Waals surface area contributed by atoms with Crippen LogP contribution in [-0.2, 0) is 20.7 Å². The van der Waals surface area contributed by atoms with Crippen molar-refractivity contribution in [1.82, 2.24) is 5.32 Å². The van der Waals surface area contributed by atoms with Crippen LogP contribution in [-0.4, -0.2) is 38.7 Å². The highest BCUT2D eigenvalue weighted by Crippen LogP contribution is 2.29. The van der Waals surface area contributed by atoms with E-state index in [2.05, 4.69) is 5.32 Å². The van der Waals surface area contributed by atoms with E-state index >= 15 is 0 Å². The van der Waals surface area contributed by atoms with Gasteiger partial charge in [-0.1, -0.05) is 18.2 Å². The molecule has 0 atom stereocenters. The highest BCUT2D eigenvalue weighted by Gasteiger charge is 2.38. The molecule has 0 unspecified atom stereocenters. The zero-order valence-corrected chi connectivity index (χ0v) is 12.8. The van der Waals surface area contributed by atoms with Crippen LogP contribution >= 0.6 is 0 Å². The molecule has 0 aromatic heterocycles. The predicted molar refractivity (Wildman–Crippen MR) is 81.4 cm³/mol. The molecular weight excluding hydrogens is 284 g/mol. The maximum Gasteiger partial charge on any atom is 0.225 e. The summed E-state index contributed by atoms with van der Waals surface area (Å²) in [5.41, 5.74) is 5.63. The van der Waals surface area contributed by atoms with Gasteiger partial charge in [-0.25, -0.2) is 0 Å². The molecule has 120 valence electrons. The van der Waals surface area contributed by atoms with E-state index in [-0.39, 0.29) is 24.8 Å². The second-order valence-corrected chi connectivity index (χ2v) is 5.52. The average Bonchev–Trinajstić information content (AvgIpc) is 2.54. The van der Waals surface area contributed by atoms with Crippen LogP contribution in [0, 0.1) is 5.41 Å². The van der Waals surface area contributed by atoms with E-state index in [1.54, 1.807) is 7.11 Å². The fourth-order valence-corrected chi connectivity index (χ4v) is 2.62. The Kier molecular flexibility index (Phi) is 5.38. The molecule has 1 saturated heterocycles. The first-order chi connectivity index (χ1) is 10.6. The molecular formula is C16H22N2O4. The molecule has 1 aromatic carbocycles. The lowest BCUT2D eigenvalue weighted by Crippen LogP contribution is -2.49. The third-order valence-corrected chi connectivity index (χ3v) is 4.14. The summed E-state index contributed by atoms with van der Waals surface area (Å²) in [5.74, 6) is 0.137. The fourth-order valence-electron chi connectivity index (χ4n) is 2.62. The van der Waals surface area contributed by atoms with Crippen LogP contribution in [0.1, 0.15) is 18.4 Å². The number of carbonyl (C=O) groups is 2. The lowest BCUT2D eigenvalue weighted by Gasteiger charge is -2.34. The Morgan fingerprint density at radius 3 is 2.64 bits per heavy atom. The van der Waals surface area contributed by atoms with E-state index in [0.29, 0.717) is 31.8 Å². The third-order valence-electron chi connectivity index (χ3n) is 4.14. The predicted octanol–water partition coefficient (Wildman–Crippen LogP) is 0.636. The van der Waals surface area contributed by atoms with Gasteiger partial charge in [-0.15, -0.1) is 0 Å². The van der Waals surface area contributed by atoms with Crippen molar-refractivity contribution in [1.29, 1.82) is 0 Å². The van der Waals surface area contributed by atoms with E-state index in [1.165, 1.54) is 0 Å². The minimum absolute atomic E-state index is 0.156. The second-order valence-electron chi connectivity index (χ2n) is 5.52. The molecule has 0 radical (unpaired) electrons. The number of primary amides is 1. The summed E-state index contributed by atoms with van der Waals surface area (Å²) in [6, 6.07) is 7.36. The van der Waals surface area contributed by atoms with Crippen molar-refractivity contribution in [3.05, 3.63) is 29.8 Å². The van der Waals surface area contributed by atoms with E-state index < -0.39 is 5.41 Å². The normalized spacial score (nSPS) is 16.8. The molecule has 0 bridgehead atoms. The van der Waals surface area contributed by atoms with Gasteiger partial charge < -0.3 is 20.5 Å². The highest BCUT2D eigenvalue weighted by molar-refractivity contribution is 5.83. The summed E-state index contributed by atoms with van der Waals surface area (Å²) < 4.78 is 10.5. The molecule has 6 nitrogen and oxygen atoms in total. The molecule has 2 amide bonds. The van der Waals surface area contributed by atoms with Gasteiger partial charge in [-0.2, -0.15) is 0 Å². The van der Waals surface area contributed by atoms with Crippen molar-refractivity contribution < 1.29 is 19.1 Å². The van der Waals surface area contributed by atoms with Crippen LogP contribution in [0.5, 0.6) is 5.75 Å². The first-order valence-electron chi connectivity index (χ1n) is 7.34. The van der Waals surface area contributed by atoms with Gasteiger partial charge in [0.2, 0.25) is 11.8 Å². The van der Waals surface area contributed by atoms with Gasteiger partial charge in [0.25, 0.3) is 0 Å². The fraction of sp³-hybridized carbons (Fsp3) is 0.500. The summed E-state index contributed by atoms with van der Waals surface area (Å²) >= 11 is 0. The van der Waals surface area contributed by atoms with Crippen LogP contribution < -0.4 is 15.8 Å². The van der Waals surface area contributed by atoms with Crippen LogP contribution in [0.15, 0.2) is 24.3 Å². The number of carbonyl (C=O) groups excluding carboxylic acids is 2. The van der Waals surface area contributed by atoms with Crippen molar-refractivity contribution in [2.75, 3.05) is 26.9 Å². The Morgan fingerprint density at radius 2 is 2.00 bits per heavy atom. The van der Waals surface area contributed by atoms with Gasteiger partial charge in [-0.05, 0) is 18.9 Å². The van der Waals surface area contributed by atoms with Crippen LogP contribution in [0.4, 0.5) is 0 Å². The largest absolute Gasteiger partial charge is 0.496 e. The Labute approximate surface area is 130 Å². The average molecular weight is 306 g/mol. The Morgan fingerprint density at radius 1 is 1.32 bits per heavy atom. The van der Waals surface area contributed by atoms with Gasteiger partial charge in [0.1, 0.15) is 5.75 Å². The summed E-state index contributed by atoms with van der Waals surface area (Å²) in [4.78, 5) is 23.9. The zero-order chi connectivity index (χ0) is 16.0. The third kappa shape index (κ3) is 3.76. The number of rotatable bonds is 6. The minimum Gasteiger partial charge on any atom is -0.496 e. The van der Waals surface area contributed by atoms with Crippen molar-refractivity contribution in [2.24, 2.45) is 11.1 Å². The number of nitrogens with two attached hydrogens (primary N) is 1. The molecule has 2 rings (SSSR count). The first-order valence-corrected chi connectivity index (χ1v) is 7.34. The number of methoxy groups -OCH3 is 1. The molecule has 1 aromatic rings. The topological polar surface area (TPSA) is 90.6 Å². The standard InChI is InChI=1S/C16H22N2O4/c1-21-13-5-3-2-4-12(13)10-14(19)18-11-16(15(17)20)6-8-22-9-7-16/h2-5H,6-11H2,1H3,(H2,17,20)(H,18,19). The number of benzene rings is 1. The zero-order valence-electron chi connectivity index (χ0n) is 12.8. The summed E-state index contributed by atoms with van der Waals surface area (Å²) in [7, 11) is 1.57. The van der Waals surface area contributed by atoms with Crippen LogP contribution in [0.3, 0.4) is 0 Å². The van der Waals surface area contributed by atoms with Gasteiger partial charge in [-0.3, -0.25) is 9.59 Å². The smallest absolute Gasteiger partial charge is 0.225 e. The number of hydrogen-bond acceptors (Lipinski definition) is 4. The van der Waals surface area contributed by atoms with Crippen molar-refractivity contribution in [3.63, 3.8) is 0 Å². The van der Waals surface area contributed by atoms with Crippen molar-refractivity contribution in [3.8, 4) is 5.75 Å². The Balaban J connectivity index is 1.95. The lowest BCUT2D eigenvalue weighted by atomic mass is 9.79. The lowest BCUT2D eigenvalue weighted by molar-refractivity contribution is -0.133. The number of amides is 2. The maximum atomic E-state index is 12.1. The Hall–Kier alpha value is -2.08. The highest BCUT2D eigenvalue weighted by atomic mass is 16.5. The van der Waals surface area contributed by atoms with Crippen LogP contribution in [0.25, 0.3) is 0 Å². The SMILES string of the molecule is COc1ccccc1CC(=O)NCC1(C(N)=O)CCOCC1. The molecule has 1 aliphatic heterocycles. The molecule has 6 heteroatoms. The second kappa shape index (κ2) is 7.26. The van der Waals surface area contributed by atoms with Crippen molar-refractivity contribution >= 4 is 11.8 Å². The molecule has 1 heterocycles. The van der Waals surface area contributed by atoms with Crippen molar-refractivity contribution in [2.45, 2.75) is 19.3 Å². The molecule has 3 N–H and O–H groups in total. The van der Waals surface area contributed by atoms with Gasteiger partial charge in [0.15, 0.2) is 0 Å². The molecule has 0 spiro atoms. The van der Waals surface area contributed by atoms with Gasteiger partial charge in [0.05, 0.1) is 18.9 Å². The first kappa shape index (κ1) is 16.3. The number of para-hydroxylation sites is 1. The van der Waals surface area contributed by atoms with E-state index in [4.69, 9.17) is 15.2 Å². The number of hydrogen-bond donors (Lipinski definition) is 2. The molecule has 1 fully saturated rings. The molecule has 1 aliphatic rings. The Bertz CT molecular complexity index is 539. The van der Waals surface area contributed by atoms with E-state index in [1.807, 2.05) is 24.3 Å². The quantitative estimate of drug-likeness (QED) is 0.807. The summed E-state index contributed by atoms with van der Waals surface area (Å²) in [5, 5.41) is 2.82. The minimum atomic E-state index is -0.700. The summed E-state index contributed by atoms with van der Waals surface area (Å²) in [6.07, 6.45) is 1.28. The maximum absolute atomic E-state index is 12.1. The molecule has 22 heavy (non-hydrogen) atoms. The van der Waals surface area contributed by atoms with E-state index in [0.717, 1.165) is 5.56 Å². The molecule has 0 aliphatic carbocycles. The monoisotopic (exact) mass is 306 g/mol. The summed E-state index contributed by atoms with van der Waals surface area (Å²) in [6.45, 7) is 1.23.